The van der Waals surface area contributed by atoms with Gasteiger partial charge in [-0.05, 0) is 66.7 Å². The van der Waals surface area contributed by atoms with Crippen LogP contribution in [0.3, 0.4) is 0 Å². The minimum absolute atomic E-state index is 0.0923. The molecule has 11 rings (SSSR count). The van der Waals surface area contributed by atoms with Gasteiger partial charge in [0, 0.05) is 17.1 Å². The van der Waals surface area contributed by atoms with Gasteiger partial charge in [0.25, 0.3) is 0 Å². The first-order valence-corrected chi connectivity index (χ1v) is 19.2. The molecular formula is C49H35B2N5. The Kier molecular flexibility index (Phi) is 7.62. The number of benzene rings is 8. The summed E-state index contributed by atoms with van der Waals surface area (Å²) in [5.74, 6) is 0.892. The fourth-order valence-corrected chi connectivity index (χ4v) is 8.90. The molecule has 5 nitrogen and oxygen atoms in total. The van der Waals surface area contributed by atoms with Gasteiger partial charge in [-0.1, -0.05) is 167 Å². The molecule has 0 bridgehead atoms. The van der Waals surface area contributed by atoms with Crippen molar-refractivity contribution < 1.29 is 0 Å². The van der Waals surface area contributed by atoms with E-state index in [0.29, 0.717) is 0 Å². The van der Waals surface area contributed by atoms with Gasteiger partial charge in [0.1, 0.15) is 0 Å². The molecule has 0 atom stereocenters. The largest absolute Gasteiger partial charge is 0.375 e. The molecule has 3 heterocycles. The highest BCUT2D eigenvalue weighted by Crippen LogP contribution is 2.41. The summed E-state index contributed by atoms with van der Waals surface area (Å²) in [4.78, 5) is 10.4. The van der Waals surface area contributed by atoms with Gasteiger partial charge in [-0.2, -0.15) is 0 Å². The van der Waals surface area contributed by atoms with Crippen molar-refractivity contribution in [2.24, 2.45) is 0 Å². The van der Waals surface area contributed by atoms with Crippen molar-refractivity contribution in [3.8, 4) is 5.69 Å². The van der Waals surface area contributed by atoms with E-state index in [9.17, 15) is 0 Å². The summed E-state index contributed by atoms with van der Waals surface area (Å²) < 4.78 is 4.59. The third-order valence-corrected chi connectivity index (χ3v) is 11.2. The number of nitrogens with zero attached hydrogens (tertiary/aromatic N) is 5. The van der Waals surface area contributed by atoms with Crippen LogP contribution in [0.4, 0.5) is 22.7 Å². The van der Waals surface area contributed by atoms with E-state index in [2.05, 4.69) is 231 Å². The van der Waals surface area contributed by atoms with Crippen molar-refractivity contribution in [3.63, 3.8) is 0 Å². The molecule has 0 saturated heterocycles. The second kappa shape index (κ2) is 13.3. The fourth-order valence-electron chi connectivity index (χ4n) is 8.90. The highest BCUT2D eigenvalue weighted by Gasteiger charge is 2.41. The summed E-state index contributed by atoms with van der Waals surface area (Å²) in [6.45, 7) is -0.241. The van der Waals surface area contributed by atoms with E-state index in [1.807, 2.05) is 0 Å². The van der Waals surface area contributed by atoms with Gasteiger partial charge in [0.05, 0.1) is 33.4 Å². The lowest BCUT2D eigenvalue weighted by molar-refractivity contribution is 1.11. The quantitative estimate of drug-likeness (QED) is 0.167. The Hall–Kier alpha value is -7.24. The lowest BCUT2D eigenvalue weighted by Crippen LogP contribution is -2.68. The van der Waals surface area contributed by atoms with Gasteiger partial charge in [-0.25, -0.2) is 4.98 Å². The predicted molar refractivity (Wildman–Crippen MR) is 236 cm³/mol. The lowest BCUT2D eigenvalue weighted by atomic mass is 9.38. The Labute approximate surface area is 326 Å². The Balaban J connectivity index is 1.23. The van der Waals surface area contributed by atoms with Crippen LogP contribution >= 0.6 is 0 Å². The molecule has 8 aromatic carbocycles. The zero-order valence-electron chi connectivity index (χ0n) is 30.6. The molecule has 0 unspecified atom stereocenters. The van der Waals surface area contributed by atoms with Crippen LogP contribution in [0.1, 0.15) is 0 Å². The molecule has 0 spiro atoms. The van der Waals surface area contributed by atoms with Crippen molar-refractivity contribution in [1.29, 1.82) is 0 Å². The molecule has 0 aliphatic carbocycles. The van der Waals surface area contributed by atoms with Gasteiger partial charge in [-0.15, -0.1) is 0 Å². The molecule has 0 amide bonds. The molecule has 10 aromatic rings. The number of para-hydroxylation sites is 6. The van der Waals surface area contributed by atoms with Crippen LogP contribution in [0.5, 0.6) is 0 Å². The van der Waals surface area contributed by atoms with E-state index < -0.39 is 0 Å². The number of hydrogen-bond acceptors (Lipinski definition) is 3. The second-order valence-corrected chi connectivity index (χ2v) is 14.4. The third-order valence-electron chi connectivity index (χ3n) is 11.2. The molecule has 1 aliphatic rings. The molecule has 1 aliphatic heterocycles. The standard InChI is InChI=1S/C49H35B2N5/c1-5-19-36(20-6-1)50-41-27-13-14-28-42(41)51(37-21-7-2-8-22-37)56(47-32-18-17-31-46(47)55(50)39-25-11-4-12-26-39)40-33-34-43-48(35-40)54-45-30-16-15-29-44(45)53(49(54)52-43)38-23-9-3-10-24-38/h1-35H. The third kappa shape index (κ3) is 5.09. The summed E-state index contributed by atoms with van der Waals surface area (Å²) >= 11 is 0. The molecule has 2 aromatic heterocycles. The van der Waals surface area contributed by atoms with Crippen LogP contribution in [-0.2, 0) is 0 Å². The van der Waals surface area contributed by atoms with Gasteiger partial charge >= 0.3 is 13.7 Å². The van der Waals surface area contributed by atoms with E-state index in [0.717, 1.165) is 56.3 Å². The molecule has 0 fully saturated rings. The van der Waals surface area contributed by atoms with Crippen LogP contribution in [0.2, 0.25) is 0 Å². The molecule has 56 heavy (non-hydrogen) atoms. The summed E-state index contributed by atoms with van der Waals surface area (Å²) in [6, 6.07) is 76.6. The Morgan fingerprint density at radius 1 is 0.357 bits per heavy atom. The van der Waals surface area contributed by atoms with Crippen LogP contribution in [0, 0.1) is 0 Å². The van der Waals surface area contributed by atoms with Gasteiger partial charge in [-0.3, -0.25) is 8.97 Å². The topological polar surface area (TPSA) is 28.7 Å². The van der Waals surface area contributed by atoms with Crippen molar-refractivity contribution in [1.82, 2.24) is 14.0 Å². The SMILES string of the molecule is c1ccc(B2c3ccccc3B(c3ccccc3)N(c3ccc4nc5n(-c6ccccc6)c6ccccc6n5c4c3)c3ccccc3N2c2ccccc2)cc1. The summed E-state index contributed by atoms with van der Waals surface area (Å²) in [6.07, 6.45) is 0. The van der Waals surface area contributed by atoms with Gasteiger partial charge < -0.3 is 9.62 Å². The first-order valence-electron chi connectivity index (χ1n) is 19.2. The van der Waals surface area contributed by atoms with E-state index in [1.54, 1.807) is 0 Å². The maximum Gasteiger partial charge on any atom is 0.327 e. The van der Waals surface area contributed by atoms with Crippen molar-refractivity contribution in [2.45, 2.75) is 0 Å². The maximum atomic E-state index is 5.30. The Morgan fingerprint density at radius 2 is 0.821 bits per heavy atom. The van der Waals surface area contributed by atoms with Crippen molar-refractivity contribution >= 4 is 86.1 Å². The number of anilines is 4. The number of fused-ring (bicyclic) bond motifs is 7. The number of aromatic nitrogens is 3. The second-order valence-electron chi connectivity index (χ2n) is 14.4. The highest BCUT2D eigenvalue weighted by molar-refractivity contribution is 6.99. The maximum absolute atomic E-state index is 5.30. The normalized spacial score (nSPS) is 12.9. The van der Waals surface area contributed by atoms with E-state index in [4.69, 9.17) is 4.98 Å². The minimum atomic E-state index is -0.149. The molecule has 7 heteroatoms. The molecule has 0 saturated carbocycles. The van der Waals surface area contributed by atoms with Crippen LogP contribution < -0.4 is 31.5 Å². The minimum Gasteiger partial charge on any atom is -0.375 e. The van der Waals surface area contributed by atoms with Crippen LogP contribution in [0.15, 0.2) is 212 Å². The summed E-state index contributed by atoms with van der Waals surface area (Å²) in [5, 5.41) is 0. The van der Waals surface area contributed by atoms with E-state index >= 15 is 0 Å². The lowest BCUT2D eigenvalue weighted by Gasteiger charge is -2.43. The van der Waals surface area contributed by atoms with Crippen molar-refractivity contribution in [3.05, 3.63) is 212 Å². The first kappa shape index (κ1) is 32.2. The molecule has 0 radical (unpaired) electrons. The smallest absolute Gasteiger partial charge is 0.327 e. The molecule has 262 valence electrons. The number of hydrogen-bond donors (Lipinski definition) is 0. The molecule has 0 N–H and O–H groups in total. The number of imidazole rings is 2. The molecular weight excluding hydrogens is 680 g/mol. The Morgan fingerprint density at radius 3 is 1.41 bits per heavy atom. The number of rotatable bonds is 5. The Bertz CT molecular complexity index is 3000. The summed E-state index contributed by atoms with van der Waals surface area (Å²) in [5.41, 5.74) is 14.7. The van der Waals surface area contributed by atoms with Gasteiger partial charge in [0.2, 0.25) is 5.78 Å². The van der Waals surface area contributed by atoms with Gasteiger partial charge in [0.15, 0.2) is 0 Å². The van der Waals surface area contributed by atoms with Crippen LogP contribution in [0.25, 0.3) is 33.5 Å². The predicted octanol–water partition coefficient (Wildman–Crippen LogP) is 8.63. The first-order chi connectivity index (χ1) is 27.8. The van der Waals surface area contributed by atoms with Crippen molar-refractivity contribution in [2.75, 3.05) is 9.62 Å². The van der Waals surface area contributed by atoms with E-state index in [1.165, 1.54) is 21.9 Å². The zero-order chi connectivity index (χ0) is 37.0. The fraction of sp³-hybridized carbons (Fsp3) is 0. The summed E-state index contributed by atoms with van der Waals surface area (Å²) in [7, 11) is 0. The average molecular weight is 715 g/mol. The average Bonchev–Trinajstić information content (AvgIpc) is 3.80. The van der Waals surface area contributed by atoms with Crippen LogP contribution in [-0.4, -0.2) is 27.6 Å². The zero-order valence-corrected chi connectivity index (χ0v) is 30.6. The van der Waals surface area contributed by atoms with E-state index in [-0.39, 0.29) is 13.7 Å². The monoisotopic (exact) mass is 715 g/mol. The highest BCUT2D eigenvalue weighted by atomic mass is 15.2.